The van der Waals surface area contributed by atoms with Gasteiger partial charge in [0.05, 0.1) is 5.56 Å². The number of hydrogen-bond donors (Lipinski definition) is 0. The molecule has 0 N–H and O–H groups in total. The zero-order valence-electron chi connectivity index (χ0n) is 16.4. The number of hydrogen-bond acceptors (Lipinski definition) is 3. The van der Waals surface area contributed by atoms with Crippen LogP contribution in [-0.4, -0.2) is 14.8 Å². The van der Waals surface area contributed by atoms with Gasteiger partial charge in [-0.25, -0.2) is 4.39 Å². The topological polar surface area (TPSA) is 30.7 Å². The summed E-state index contributed by atoms with van der Waals surface area (Å²) in [6, 6.07) is 19.0. The molecule has 0 spiro atoms. The van der Waals surface area contributed by atoms with Crippen LogP contribution in [0.3, 0.4) is 0 Å². The van der Waals surface area contributed by atoms with Crippen LogP contribution in [0.15, 0.2) is 78.0 Å². The molecular weight excluding hydrogens is 426 g/mol. The highest BCUT2D eigenvalue weighted by molar-refractivity contribution is 7.98. The third kappa shape index (κ3) is 4.64. The Morgan fingerprint density at radius 2 is 1.65 bits per heavy atom. The summed E-state index contributed by atoms with van der Waals surface area (Å²) in [6.45, 7) is 1.94. The van der Waals surface area contributed by atoms with Crippen molar-refractivity contribution in [1.29, 1.82) is 0 Å². The van der Waals surface area contributed by atoms with E-state index >= 15 is 0 Å². The fourth-order valence-electron chi connectivity index (χ4n) is 3.21. The van der Waals surface area contributed by atoms with E-state index in [0.717, 1.165) is 17.3 Å². The van der Waals surface area contributed by atoms with E-state index < -0.39 is 11.7 Å². The van der Waals surface area contributed by atoms with Crippen molar-refractivity contribution in [2.24, 2.45) is 0 Å². The maximum absolute atomic E-state index is 13.4. The maximum atomic E-state index is 13.4. The van der Waals surface area contributed by atoms with Gasteiger partial charge in [0.15, 0.2) is 11.0 Å². The summed E-state index contributed by atoms with van der Waals surface area (Å²) in [5, 5.41) is 8.93. The van der Waals surface area contributed by atoms with Gasteiger partial charge in [-0.3, -0.25) is 4.57 Å². The highest BCUT2D eigenvalue weighted by Crippen LogP contribution is 2.36. The minimum Gasteiger partial charge on any atom is -0.270 e. The van der Waals surface area contributed by atoms with E-state index in [2.05, 4.69) is 10.2 Å². The Morgan fingerprint density at radius 3 is 2.35 bits per heavy atom. The van der Waals surface area contributed by atoms with Gasteiger partial charge in [-0.05, 0) is 60.5 Å². The predicted octanol–water partition coefficient (Wildman–Crippen LogP) is 6.69. The van der Waals surface area contributed by atoms with Crippen molar-refractivity contribution < 1.29 is 17.6 Å². The van der Waals surface area contributed by atoms with E-state index in [1.807, 2.05) is 31.2 Å². The smallest absolute Gasteiger partial charge is 0.270 e. The van der Waals surface area contributed by atoms with Crippen LogP contribution in [0.25, 0.3) is 17.1 Å². The van der Waals surface area contributed by atoms with Gasteiger partial charge in [0.1, 0.15) is 5.82 Å². The maximum Gasteiger partial charge on any atom is 0.416 e. The van der Waals surface area contributed by atoms with Gasteiger partial charge in [0.25, 0.3) is 0 Å². The highest BCUT2D eigenvalue weighted by atomic mass is 32.2. The molecule has 1 heterocycles. The summed E-state index contributed by atoms with van der Waals surface area (Å²) < 4.78 is 55.2. The van der Waals surface area contributed by atoms with Gasteiger partial charge in [-0.15, -0.1) is 10.2 Å². The molecule has 0 bridgehead atoms. The Morgan fingerprint density at radius 1 is 0.903 bits per heavy atom. The van der Waals surface area contributed by atoms with Crippen LogP contribution < -0.4 is 0 Å². The van der Waals surface area contributed by atoms with Crippen molar-refractivity contribution in [2.45, 2.75) is 24.0 Å². The van der Waals surface area contributed by atoms with Gasteiger partial charge in [-0.2, -0.15) is 13.2 Å². The average molecular weight is 443 g/mol. The highest BCUT2D eigenvalue weighted by Gasteiger charge is 2.33. The van der Waals surface area contributed by atoms with Crippen molar-refractivity contribution >= 4 is 11.8 Å². The first kappa shape index (κ1) is 21.1. The van der Waals surface area contributed by atoms with Crippen LogP contribution in [-0.2, 0) is 11.9 Å². The second-order valence-electron chi connectivity index (χ2n) is 6.93. The van der Waals surface area contributed by atoms with Gasteiger partial charge >= 0.3 is 6.18 Å². The number of aryl methyl sites for hydroxylation is 1. The van der Waals surface area contributed by atoms with E-state index in [9.17, 15) is 17.6 Å². The summed E-state index contributed by atoms with van der Waals surface area (Å²) in [6.07, 6.45) is -4.43. The van der Waals surface area contributed by atoms with Crippen LogP contribution in [0.2, 0.25) is 0 Å². The zero-order chi connectivity index (χ0) is 22.0. The number of nitrogens with zero attached hydrogens (tertiary/aromatic N) is 3. The van der Waals surface area contributed by atoms with Crippen molar-refractivity contribution in [3.8, 4) is 17.1 Å². The lowest BCUT2D eigenvalue weighted by molar-refractivity contribution is -0.138. The molecule has 3 nitrogen and oxygen atoms in total. The molecule has 3 aromatic carbocycles. The molecule has 0 fully saturated rings. The average Bonchev–Trinajstić information content (AvgIpc) is 3.16. The fraction of sp³-hybridized carbons (Fsp3) is 0.130. The molecule has 4 aromatic rings. The van der Waals surface area contributed by atoms with Crippen molar-refractivity contribution in [3.63, 3.8) is 0 Å². The third-order valence-corrected chi connectivity index (χ3v) is 5.65. The second-order valence-corrected chi connectivity index (χ2v) is 7.87. The van der Waals surface area contributed by atoms with Crippen molar-refractivity contribution in [2.75, 3.05) is 0 Å². The Hall–Kier alpha value is -3.13. The lowest BCUT2D eigenvalue weighted by Gasteiger charge is -2.13. The molecule has 0 radical (unpaired) electrons. The normalized spacial score (nSPS) is 11.6. The summed E-state index contributed by atoms with van der Waals surface area (Å²) in [5.74, 6) is 0.184. The van der Waals surface area contributed by atoms with E-state index in [4.69, 9.17) is 0 Å². The second kappa shape index (κ2) is 8.55. The standard InChI is InChI=1S/C23H17F4N3S/c1-15-5-4-7-19(13-15)30-21(16-9-11-18(24)12-10-16)28-29-22(30)31-14-17-6-2-3-8-20(17)23(25,26)27/h2-13H,14H2,1H3. The molecule has 4 rings (SSSR count). The van der Waals surface area contributed by atoms with E-state index in [1.165, 1.54) is 36.0 Å². The van der Waals surface area contributed by atoms with Crippen LogP contribution in [0.5, 0.6) is 0 Å². The van der Waals surface area contributed by atoms with Gasteiger partial charge in [-0.1, -0.05) is 42.1 Å². The number of alkyl halides is 3. The zero-order valence-corrected chi connectivity index (χ0v) is 17.2. The first-order valence-corrected chi connectivity index (χ1v) is 10.4. The Labute approximate surface area is 180 Å². The minimum absolute atomic E-state index is 0.0725. The lowest BCUT2D eigenvalue weighted by Crippen LogP contribution is -2.08. The molecule has 158 valence electrons. The summed E-state index contributed by atoms with van der Waals surface area (Å²) in [5.41, 5.74) is 1.94. The molecule has 0 saturated heterocycles. The summed E-state index contributed by atoms with van der Waals surface area (Å²) in [7, 11) is 0. The quantitative estimate of drug-likeness (QED) is 0.254. The molecule has 0 saturated carbocycles. The number of benzene rings is 3. The van der Waals surface area contributed by atoms with Crippen LogP contribution >= 0.6 is 11.8 Å². The van der Waals surface area contributed by atoms with Crippen molar-refractivity contribution in [1.82, 2.24) is 14.8 Å². The number of rotatable bonds is 5. The predicted molar refractivity (Wildman–Crippen MR) is 112 cm³/mol. The molecule has 0 aliphatic rings. The largest absolute Gasteiger partial charge is 0.416 e. The minimum atomic E-state index is -4.43. The van der Waals surface area contributed by atoms with E-state index in [1.54, 1.807) is 22.8 Å². The van der Waals surface area contributed by atoms with Crippen LogP contribution in [0.1, 0.15) is 16.7 Å². The monoisotopic (exact) mass is 443 g/mol. The summed E-state index contributed by atoms with van der Waals surface area (Å²) >= 11 is 1.17. The molecule has 0 atom stereocenters. The lowest BCUT2D eigenvalue weighted by atomic mass is 10.1. The number of halogens is 4. The number of aromatic nitrogens is 3. The Bertz CT molecular complexity index is 1200. The molecule has 0 aliphatic carbocycles. The van der Waals surface area contributed by atoms with Crippen LogP contribution in [0.4, 0.5) is 17.6 Å². The summed E-state index contributed by atoms with van der Waals surface area (Å²) in [4.78, 5) is 0. The van der Waals surface area contributed by atoms with E-state index in [0.29, 0.717) is 16.5 Å². The molecule has 0 unspecified atom stereocenters. The number of thioether (sulfide) groups is 1. The SMILES string of the molecule is Cc1cccc(-n2c(SCc3ccccc3C(F)(F)F)nnc2-c2ccc(F)cc2)c1. The van der Waals surface area contributed by atoms with Gasteiger partial charge in [0.2, 0.25) is 0 Å². The Balaban J connectivity index is 1.75. The molecule has 1 aromatic heterocycles. The third-order valence-electron chi connectivity index (χ3n) is 4.68. The van der Waals surface area contributed by atoms with Gasteiger partial charge in [0, 0.05) is 17.0 Å². The first-order chi connectivity index (χ1) is 14.8. The van der Waals surface area contributed by atoms with Crippen molar-refractivity contribution in [3.05, 3.63) is 95.3 Å². The molecule has 31 heavy (non-hydrogen) atoms. The van der Waals surface area contributed by atoms with Gasteiger partial charge < -0.3 is 0 Å². The molecule has 0 aliphatic heterocycles. The molecular formula is C23H17F4N3S. The fourth-order valence-corrected chi connectivity index (χ4v) is 4.17. The van der Waals surface area contributed by atoms with E-state index in [-0.39, 0.29) is 17.1 Å². The molecule has 0 amide bonds. The van der Waals surface area contributed by atoms with Crippen LogP contribution in [0, 0.1) is 12.7 Å². The first-order valence-electron chi connectivity index (χ1n) is 9.39. The Kier molecular flexibility index (Phi) is 5.82. The molecule has 8 heteroatoms.